The molecule has 41 heavy (non-hydrogen) atoms. The van der Waals surface area contributed by atoms with Crippen molar-refractivity contribution >= 4 is 64.4 Å². The number of aryl methyl sites for hydroxylation is 2. The summed E-state index contributed by atoms with van der Waals surface area (Å²) in [6.07, 6.45) is 4.57. The van der Waals surface area contributed by atoms with Crippen LogP contribution >= 0.6 is 24.0 Å². The number of carbonyl (C=O) groups is 3. The smallest absolute Gasteiger partial charge is 0.420 e. The molecule has 0 unspecified atom stereocenters. The second-order valence-electron chi connectivity index (χ2n) is 9.01. The molecule has 0 aliphatic heterocycles. The Morgan fingerprint density at radius 3 is 2.49 bits per heavy atom. The molecule has 12 heteroatoms. The maximum atomic E-state index is 13.2. The summed E-state index contributed by atoms with van der Waals surface area (Å²) in [5.74, 6) is 0.0129. The maximum absolute atomic E-state index is 13.2. The normalized spacial score (nSPS) is 10.5. The minimum absolute atomic E-state index is 0. The number of fused-ring (bicyclic) bond motifs is 1. The van der Waals surface area contributed by atoms with Gasteiger partial charge in [-0.2, -0.15) is 0 Å². The first kappa shape index (κ1) is 31.2. The van der Waals surface area contributed by atoms with Crippen LogP contribution < -0.4 is 15.4 Å². The number of Topliss-reactive ketones (excluding diaryl/α,β-unsaturated/α-hetero) is 1. The second-order valence-corrected chi connectivity index (χ2v) is 9.01. The van der Waals surface area contributed by atoms with Crippen LogP contribution in [-0.4, -0.2) is 51.4 Å². The highest BCUT2D eigenvalue weighted by Gasteiger charge is 2.22. The van der Waals surface area contributed by atoms with Gasteiger partial charge < -0.3 is 19.8 Å². The Morgan fingerprint density at radius 2 is 1.83 bits per heavy atom. The molecule has 2 heterocycles. The van der Waals surface area contributed by atoms with E-state index in [4.69, 9.17) is 20.6 Å². The van der Waals surface area contributed by atoms with Gasteiger partial charge in [-0.1, -0.05) is 24.3 Å². The van der Waals surface area contributed by atoms with Crippen molar-refractivity contribution in [1.82, 2.24) is 14.5 Å². The lowest BCUT2D eigenvalue weighted by Gasteiger charge is -2.20. The van der Waals surface area contributed by atoms with Crippen LogP contribution in [0.3, 0.4) is 0 Å². The molecule has 4 aromatic rings. The predicted molar refractivity (Wildman–Crippen MR) is 165 cm³/mol. The van der Waals surface area contributed by atoms with Crippen molar-refractivity contribution in [3.8, 4) is 5.75 Å². The fourth-order valence-corrected chi connectivity index (χ4v) is 4.24. The number of benzene rings is 2. The van der Waals surface area contributed by atoms with E-state index in [1.54, 1.807) is 43.5 Å². The molecule has 3 N–H and O–H groups in total. The molecule has 0 atom stereocenters. The number of nitrogen functional groups attached to an aromatic ring is 1. The average Bonchev–Trinajstić information content (AvgIpc) is 3.28. The van der Waals surface area contributed by atoms with Crippen LogP contribution in [0.25, 0.3) is 10.9 Å². The average molecular weight is 671 g/mol. The van der Waals surface area contributed by atoms with E-state index in [-0.39, 0.29) is 73.2 Å². The molecule has 214 valence electrons. The highest BCUT2D eigenvalue weighted by atomic mass is 127. The lowest BCUT2D eigenvalue weighted by atomic mass is 10.0. The molecule has 0 fully saturated rings. The molecule has 2 aromatic heterocycles. The minimum atomic E-state index is -0.736. The summed E-state index contributed by atoms with van der Waals surface area (Å²) < 4.78 is 12.5. The van der Waals surface area contributed by atoms with Crippen LogP contribution in [-0.2, 0) is 23.0 Å². The van der Waals surface area contributed by atoms with E-state index in [1.165, 1.54) is 23.5 Å². The van der Waals surface area contributed by atoms with E-state index >= 15 is 0 Å². The number of ketones is 1. The summed E-state index contributed by atoms with van der Waals surface area (Å²) in [5, 5.41) is 8.17. The summed E-state index contributed by atoms with van der Waals surface area (Å²) in [7, 11) is 1.84. The number of hydrogen-bond donors (Lipinski definition) is 2. The van der Waals surface area contributed by atoms with Gasteiger partial charge in [0, 0.05) is 54.4 Å². The van der Waals surface area contributed by atoms with Gasteiger partial charge in [0.1, 0.15) is 23.7 Å². The molecule has 11 nitrogen and oxygen atoms in total. The number of nitrogens with zero attached hydrogens (tertiary/aromatic N) is 4. The molecule has 2 aromatic carbocycles. The van der Waals surface area contributed by atoms with Gasteiger partial charge in [0.05, 0.1) is 13.0 Å². The van der Waals surface area contributed by atoms with Crippen LogP contribution in [0.2, 0.25) is 0 Å². The summed E-state index contributed by atoms with van der Waals surface area (Å²) >= 11 is 0. The number of rotatable bonds is 11. The molecule has 0 bridgehead atoms. The number of hydrogen-bond acceptors (Lipinski definition) is 8. The molecule has 0 radical (unpaired) electrons. The van der Waals surface area contributed by atoms with Crippen molar-refractivity contribution in [2.24, 2.45) is 12.8 Å². The lowest BCUT2D eigenvalue weighted by Crippen LogP contribution is -2.36. The first-order chi connectivity index (χ1) is 19.3. The predicted octanol–water partition coefficient (Wildman–Crippen LogP) is 4.64. The number of anilines is 1. The first-order valence-corrected chi connectivity index (χ1v) is 12.7. The standard InChI is InChI=1S/C29H30N6O5.HI/c1-3-39-27(37)13-15-35(26-12-14-32-18-33-26)29(38)40-21-9-10-24-22(16-21)23(17-34(24)2)25(36)11-6-19-4-7-20(8-5-19)28(30)31;/h4-5,7-10,12,14,16-18H,3,6,11,13,15H2,1-2H3,(H3,30,31);1H. The van der Waals surface area contributed by atoms with E-state index in [9.17, 15) is 14.4 Å². The molecule has 0 saturated carbocycles. The Morgan fingerprint density at radius 1 is 1.07 bits per heavy atom. The number of nitrogens with two attached hydrogens (primary N) is 1. The number of nitrogens with one attached hydrogen (secondary N) is 1. The molecule has 0 spiro atoms. The number of carbonyl (C=O) groups excluding carboxylic acids is 3. The van der Waals surface area contributed by atoms with Gasteiger partial charge in [-0.05, 0) is 43.2 Å². The molecule has 0 aliphatic carbocycles. The van der Waals surface area contributed by atoms with E-state index in [0.29, 0.717) is 22.9 Å². The monoisotopic (exact) mass is 670 g/mol. The maximum Gasteiger partial charge on any atom is 0.420 e. The summed E-state index contributed by atoms with van der Waals surface area (Å²) in [6.45, 7) is 1.94. The third-order valence-corrected chi connectivity index (χ3v) is 6.28. The van der Waals surface area contributed by atoms with Crippen molar-refractivity contribution in [2.75, 3.05) is 18.1 Å². The summed E-state index contributed by atoms with van der Waals surface area (Å²) in [6, 6.07) is 13.9. The van der Waals surface area contributed by atoms with Crippen LogP contribution in [0.4, 0.5) is 10.6 Å². The summed E-state index contributed by atoms with van der Waals surface area (Å²) in [4.78, 5) is 47.5. The quantitative estimate of drug-likeness (QED) is 0.0770. The molecular formula is C29H31IN6O5. The van der Waals surface area contributed by atoms with Gasteiger partial charge in [0.25, 0.3) is 0 Å². The van der Waals surface area contributed by atoms with Crippen molar-refractivity contribution in [3.05, 3.63) is 83.9 Å². The third kappa shape index (κ3) is 7.87. The fourth-order valence-electron chi connectivity index (χ4n) is 4.24. The molecular weight excluding hydrogens is 639 g/mol. The number of amides is 1. The zero-order chi connectivity index (χ0) is 28.6. The number of esters is 1. The van der Waals surface area contributed by atoms with Gasteiger partial charge in [-0.3, -0.25) is 19.9 Å². The van der Waals surface area contributed by atoms with Crippen molar-refractivity contribution < 1.29 is 23.9 Å². The van der Waals surface area contributed by atoms with Crippen LogP contribution in [0.5, 0.6) is 5.75 Å². The second kappa shape index (κ2) is 14.3. The zero-order valence-electron chi connectivity index (χ0n) is 22.7. The molecule has 1 amide bonds. The van der Waals surface area contributed by atoms with Crippen LogP contribution in [0.1, 0.15) is 41.3 Å². The van der Waals surface area contributed by atoms with E-state index < -0.39 is 12.1 Å². The van der Waals surface area contributed by atoms with Gasteiger partial charge in [-0.25, -0.2) is 14.8 Å². The van der Waals surface area contributed by atoms with Crippen molar-refractivity contribution in [1.29, 1.82) is 5.41 Å². The largest absolute Gasteiger partial charge is 0.466 e. The van der Waals surface area contributed by atoms with Gasteiger partial charge in [-0.15, -0.1) is 24.0 Å². The van der Waals surface area contributed by atoms with Crippen molar-refractivity contribution in [3.63, 3.8) is 0 Å². The molecule has 0 saturated heterocycles. The Bertz CT molecular complexity index is 1540. The fraction of sp³-hybridized carbons (Fsp3) is 0.241. The summed E-state index contributed by atoms with van der Waals surface area (Å²) in [5.41, 5.74) is 8.43. The first-order valence-electron chi connectivity index (χ1n) is 12.7. The number of amidine groups is 1. The van der Waals surface area contributed by atoms with Gasteiger partial charge in [0.2, 0.25) is 0 Å². The van der Waals surface area contributed by atoms with E-state index in [0.717, 1.165) is 11.1 Å². The Labute approximate surface area is 254 Å². The Balaban J connectivity index is 0.00000462. The zero-order valence-corrected chi connectivity index (χ0v) is 25.0. The number of halogens is 1. The van der Waals surface area contributed by atoms with E-state index in [2.05, 4.69) is 9.97 Å². The SMILES string of the molecule is CCOC(=O)CCN(C(=O)Oc1ccc2c(c1)c(C(=O)CCc1ccc(C(=N)N)cc1)cn2C)c1ccncn1.I. The molecule has 4 rings (SSSR count). The van der Waals surface area contributed by atoms with Crippen molar-refractivity contribution in [2.45, 2.75) is 26.2 Å². The number of ether oxygens (including phenoxy) is 2. The Hall–Kier alpha value is -4.33. The molecule has 0 aliphatic rings. The highest BCUT2D eigenvalue weighted by Crippen LogP contribution is 2.28. The highest BCUT2D eigenvalue weighted by molar-refractivity contribution is 14.0. The van der Waals surface area contributed by atoms with Crippen LogP contribution in [0.15, 0.2) is 67.3 Å². The third-order valence-electron chi connectivity index (χ3n) is 6.28. The topological polar surface area (TPSA) is 153 Å². The minimum Gasteiger partial charge on any atom is -0.466 e. The van der Waals surface area contributed by atoms with Gasteiger partial charge in [0.15, 0.2) is 5.78 Å². The Kier molecular flexibility index (Phi) is 10.9. The lowest BCUT2D eigenvalue weighted by molar-refractivity contribution is -0.142. The van der Waals surface area contributed by atoms with E-state index in [1.807, 2.05) is 23.7 Å². The van der Waals surface area contributed by atoms with Gasteiger partial charge >= 0.3 is 12.1 Å². The van der Waals surface area contributed by atoms with Crippen LogP contribution in [0, 0.1) is 5.41 Å². The number of aromatic nitrogens is 3.